The first-order chi connectivity index (χ1) is 11.3. The van der Waals surface area contributed by atoms with E-state index in [0.717, 1.165) is 29.1 Å². The molecule has 24 heavy (non-hydrogen) atoms. The second-order valence-electron chi connectivity index (χ2n) is 7.03. The van der Waals surface area contributed by atoms with Gasteiger partial charge in [0.15, 0.2) is 6.61 Å². The van der Waals surface area contributed by atoms with Gasteiger partial charge in [0.2, 0.25) is 0 Å². The molecule has 0 amide bonds. The van der Waals surface area contributed by atoms with Crippen LogP contribution in [0, 0.1) is 19.8 Å². The van der Waals surface area contributed by atoms with Gasteiger partial charge >= 0.3 is 0 Å². The number of aromatic nitrogens is 2. The van der Waals surface area contributed by atoms with Gasteiger partial charge in [0.05, 0.1) is 5.69 Å². The molecule has 0 saturated carbocycles. The van der Waals surface area contributed by atoms with Crippen molar-refractivity contribution >= 4 is 5.91 Å². The van der Waals surface area contributed by atoms with Crippen LogP contribution in [0.3, 0.4) is 0 Å². The molecule has 1 heterocycles. The highest BCUT2D eigenvalue weighted by Crippen LogP contribution is 2.26. The van der Waals surface area contributed by atoms with E-state index in [1.807, 2.05) is 38.1 Å². The number of hydrogen-bond acceptors (Lipinski definition) is 3. The lowest BCUT2D eigenvalue weighted by molar-refractivity contribution is 0.0817. The molecule has 0 aliphatic heterocycles. The SMILES string of the molecule is Cc1nn(C(=O)COc2ccccc2C(C)C)c(C)c1CC(C)C. The van der Waals surface area contributed by atoms with Gasteiger partial charge in [0.25, 0.3) is 5.91 Å². The van der Waals surface area contributed by atoms with Crippen LogP contribution in [0.5, 0.6) is 5.75 Å². The minimum absolute atomic E-state index is 0.00713. The average Bonchev–Trinajstić information content (AvgIpc) is 2.80. The molecule has 0 aliphatic rings. The summed E-state index contributed by atoms with van der Waals surface area (Å²) in [7, 11) is 0. The minimum atomic E-state index is -0.135. The van der Waals surface area contributed by atoms with E-state index < -0.39 is 0 Å². The van der Waals surface area contributed by atoms with E-state index >= 15 is 0 Å². The predicted molar refractivity (Wildman–Crippen MR) is 96.9 cm³/mol. The summed E-state index contributed by atoms with van der Waals surface area (Å²) >= 11 is 0. The Hall–Kier alpha value is -2.10. The number of rotatable bonds is 6. The van der Waals surface area contributed by atoms with Crippen molar-refractivity contribution in [3.63, 3.8) is 0 Å². The first-order valence-electron chi connectivity index (χ1n) is 8.61. The molecule has 0 radical (unpaired) electrons. The van der Waals surface area contributed by atoms with E-state index in [1.54, 1.807) is 0 Å². The summed E-state index contributed by atoms with van der Waals surface area (Å²) in [6, 6.07) is 7.86. The number of aryl methyl sites for hydroxylation is 1. The molecule has 0 bridgehead atoms. The molecule has 2 aromatic rings. The first-order valence-corrected chi connectivity index (χ1v) is 8.61. The summed E-state index contributed by atoms with van der Waals surface area (Å²) in [6.45, 7) is 12.5. The van der Waals surface area contributed by atoms with Crippen LogP contribution in [0.15, 0.2) is 24.3 Å². The Bertz CT molecular complexity index is 714. The Kier molecular flexibility index (Phi) is 5.81. The van der Waals surface area contributed by atoms with E-state index in [1.165, 1.54) is 10.2 Å². The van der Waals surface area contributed by atoms with E-state index in [-0.39, 0.29) is 12.5 Å². The van der Waals surface area contributed by atoms with Gasteiger partial charge in [0.1, 0.15) is 5.75 Å². The monoisotopic (exact) mass is 328 g/mol. The summed E-state index contributed by atoms with van der Waals surface area (Å²) in [5.41, 5.74) is 4.13. The zero-order valence-corrected chi connectivity index (χ0v) is 15.6. The van der Waals surface area contributed by atoms with Gasteiger partial charge in [-0.2, -0.15) is 5.10 Å². The molecule has 0 aliphatic carbocycles. The topological polar surface area (TPSA) is 44.1 Å². The van der Waals surface area contributed by atoms with Crippen LogP contribution in [0.2, 0.25) is 0 Å². The van der Waals surface area contributed by atoms with Gasteiger partial charge in [-0.25, -0.2) is 4.68 Å². The predicted octanol–water partition coefficient (Wildman–Crippen LogP) is 4.54. The molecule has 2 rings (SSSR count). The molecule has 1 aromatic carbocycles. The van der Waals surface area contributed by atoms with Crippen LogP contribution in [0.25, 0.3) is 0 Å². The maximum Gasteiger partial charge on any atom is 0.284 e. The second-order valence-corrected chi connectivity index (χ2v) is 7.03. The third-order valence-electron chi connectivity index (χ3n) is 4.18. The highest BCUT2D eigenvalue weighted by atomic mass is 16.5. The number of ether oxygens (including phenoxy) is 1. The zero-order valence-electron chi connectivity index (χ0n) is 15.6. The normalized spacial score (nSPS) is 11.3. The van der Waals surface area contributed by atoms with Gasteiger partial charge in [-0.3, -0.25) is 4.79 Å². The van der Waals surface area contributed by atoms with Crippen LogP contribution >= 0.6 is 0 Å². The lowest BCUT2D eigenvalue weighted by Crippen LogP contribution is -2.22. The van der Waals surface area contributed by atoms with Gasteiger partial charge < -0.3 is 4.74 Å². The molecule has 0 unspecified atom stereocenters. The van der Waals surface area contributed by atoms with Crippen molar-refractivity contribution in [3.8, 4) is 5.75 Å². The summed E-state index contributed by atoms with van der Waals surface area (Å²) in [5, 5.41) is 4.42. The molecule has 0 saturated heterocycles. The van der Waals surface area contributed by atoms with Crippen molar-refractivity contribution in [1.29, 1.82) is 0 Å². The molecule has 130 valence electrons. The van der Waals surface area contributed by atoms with Crippen molar-refractivity contribution in [1.82, 2.24) is 9.78 Å². The molecule has 0 fully saturated rings. The van der Waals surface area contributed by atoms with Gasteiger partial charge in [-0.15, -0.1) is 0 Å². The Labute approximate surface area is 144 Å². The van der Waals surface area contributed by atoms with Crippen molar-refractivity contribution in [3.05, 3.63) is 46.8 Å². The van der Waals surface area contributed by atoms with E-state index in [0.29, 0.717) is 11.8 Å². The van der Waals surface area contributed by atoms with Gasteiger partial charge in [-0.05, 0) is 49.3 Å². The molecule has 1 aromatic heterocycles. The Morgan fingerprint density at radius 1 is 1.17 bits per heavy atom. The quantitative estimate of drug-likeness (QED) is 0.782. The standard InChI is InChI=1S/C20H28N2O2/c1-13(2)11-18-15(5)21-22(16(18)6)20(23)12-24-19-10-8-7-9-17(19)14(3)4/h7-10,13-14H,11-12H2,1-6H3. The minimum Gasteiger partial charge on any atom is -0.483 e. The van der Waals surface area contributed by atoms with Crippen molar-refractivity contribution < 1.29 is 9.53 Å². The first kappa shape index (κ1) is 18.2. The number of carbonyl (C=O) groups excluding carboxylic acids is 1. The van der Waals surface area contributed by atoms with Gasteiger partial charge in [0, 0.05) is 5.69 Å². The molecular formula is C20H28N2O2. The summed E-state index contributed by atoms with van der Waals surface area (Å²) in [5.74, 6) is 1.51. The molecular weight excluding hydrogens is 300 g/mol. The molecule has 4 nitrogen and oxygen atoms in total. The Morgan fingerprint density at radius 3 is 2.46 bits per heavy atom. The van der Waals surface area contributed by atoms with Gasteiger partial charge in [-0.1, -0.05) is 45.9 Å². The highest BCUT2D eigenvalue weighted by molar-refractivity contribution is 5.80. The number of para-hydroxylation sites is 1. The third-order valence-corrected chi connectivity index (χ3v) is 4.18. The maximum atomic E-state index is 12.5. The van der Waals surface area contributed by atoms with E-state index in [9.17, 15) is 4.79 Å². The second kappa shape index (κ2) is 7.65. The highest BCUT2D eigenvalue weighted by Gasteiger charge is 2.18. The fourth-order valence-corrected chi connectivity index (χ4v) is 2.91. The number of benzene rings is 1. The fourth-order valence-electron chi connectivity index (χ4n) is 2.91. The van der Waals surface area contributed by atoms with Crippen LogP contribution in [0.1, 0.15) is 60.9 Å². The zero-order chi connectivity index (χ0) is 17.9. The Balaban J connectivity index is 2.14. The number of carbonyl (C=O) groups is 1. The summed E-state index contributed by atoms with van der Waals surface area (Å²) in [6.07, 6.45) is 0.933. The van der Waals surface area contributed by atoms with Crippen molar-refractivity contribution in [2.75, 3.05) is 6.61 Å². The smallest absolute Gasteiger partial charge is 0.284 e. The lowest BCUT2D eigenvalue weighted by atomic mass is 10.0. The fraction of sp³-hybridized carbons (Fsp3) is 0.500. The van der Waals surface area contributed by atoms with Crippen LogP contribution in [0.4, 0.5) is 0 Å². The van der Waals surface area contributed by atoms with Crippen LogP contribution in [-0.2, 0) is 6.42 Å². The number of hydrogen-bond donors (Lipinski definition) is 0. The Morgan fingerprint density at radius 2 is 1.83 bits per heavy atom. The largest absolute Gasteiger partial charge is 0.483 e. The molecule has 0 N–H and O–H groups in total. The number of nitrogens with zero attached hydrogens (tertiary/aromatic N) is 2. The molecule has 4 heteroatoms. The molecule has 0 spiro atoms. The average molecular weight is 328 g/mol. The summed E-state index contributed by atoms with van der Waals surface area (Å²) < 4.78 is 7.28. The van der Waals surface area contributed by atoms with Crippen molar-refractivity contribution in [2.45, 2.75) is 53.9 Å². The van der Waals surface area contributed by atoms with E-state index in [4.69, 9.17) is 4.74 Å². The van der Waals surface area contributed by atoms with E-state index in [2.05, 4.69) is 32.8 Å². The lowest BCUT2D eigenvalue weighted by Gasteiger charge is -2.13. The van der Waals surface area contributed by atoms with Crippen LogP contribution in [-0.4, -0.2) is 22.3 Å². The van der Waals surface area contributed by atoms with Crippen LogP contribution < -0.4 is 4.74 Å². The summed E-state index contributed by atoms with van der Waals surface area (Å²) in [4.78, 5) is 12.5. The maximum absolute atomic E-state index is 12.5. The third kappa shape index (κ3) is 4.05. The van der Waals surface area contributed by atoms with Crippen molar-refractivity contribution in [2.24, 2.45) is 5.92 Å². The molecule has 0 atom stereocenters.